The third kappa shape index (κ3) is 3.70. The molecule has 2 aromatic rings. The van der Waals surface area contributed by atoms with E-state index in [1.807, 2.05) is 0 Å². The number of nitro groups is 1. The van der Waals surface area contributed by atoms with Gasteiger partial charge in [-0.25, -0.2) is 4.79 Å². The zero-order chi connectivity index (χ0) is 17.0. The van der Waals surface area contributed by atoms with Crippen molar-refractivity contribution >= 4 is 17.4 Å². The highest BCUT2D eigenvalue weighted by Crippen LogP contribution is 2.25. The van der Waals surface area contributed by atoms with Gasteiger partial charge in [0.1, 0.15) is 17.1 Å². The molecule has 0 atom stereocenters. The van der Waals surface area contributed by atoms with Crippen LogP contribution in [0.3, 0.4) is 0 Å². The number of esters is 1. The second-order valence-electron chi connectivity index (χ2n) is 4.61. The Kier molecular flexibility index (Phi) is 4.70. The van der Waals surface area contributed by atoms with Gasteiger partial charge in [-0.05, 0) is 37.3 Å². The third-order valence-electron chi connectivity index (χ3n) is 3.09. The SMILES string of the molecule is COc1ccc([N+](=O)[O-])cc1C(=O)Oc1ccc(C(C)=O)cc1. The minimum absolute atomic E-state index is 0.0580. The Labute approximate surface area is 131 Å². The number of nitro benzene ring substituents is 1. The van der Waals surface area contributed by atoms with E-state index in [1.165, 1.54) is 50.4 Å². The molecule has 0 unspecified atom stereocenters. The standard InChI is InChI=1S/C16H13NO6/c1-10(18)11-3-6-13(7-4-11)23-16(19)14-9-12(17(20)21)5-8-15(14)22-2/h3-9H,1-2H3. The molecule has 118 valence electrons. The predicted octanol–water partition coefficient (Wildman–Crippen LogP) is 3.03. The van der Waals surface area contributed by atoms with Crippen molar-refractivity contribution in [3.63, 3.8) is 0 Å². The van der Waals surface area contributed by atoms with E-state index < -0.39 is 10.9 Å². The van der Waals surface area contributed by atoms with Crippen molar-refractivity contribution in [3.8, 4) is 11.5 Å². The van der Waals surface area contributed by atoms with Crippen molar-refractivity contribution < 1.29 is 24.0 Å². The van der Waals surface area contributed by atoms with Crippen LogP contribution in [0.2, 0.25) is 0 Å². The summed E-state index contributed by atoms with van der Waals surface area (Å²) in [7, 11) is 1.35. The van der Waals surface area contributed by atoms with Crippen LogP contribution in [0.15, 0.2) is 42.5 Å². The van der Waals surface area contributed by atoms with Crippen LogP contribution in [0.5, 0.6) is 11.5 Å². The molecule has 0 spiro atoms. The molecule has 0 radical (unpaired) electrons. The van der Waals surface area contributed by atoms with Crippen molar-refractivity contribution in [2.24, 2.45) is 0 Å². The van der Waals surface area contributed by atoms with Crippen LogP contribution < -0.4 is 9.47 Å². The number of benzene rings is 2. The van der Waals surface area contributed by atoms with E-state index >= 15 is 0 Å². The summed E-state index contributed by atoms with van der Waals surface area (Å²) in [5, 5.41) is 10.8. The normalized spacial score (nSPS) is 10.0. The van der Waals surface area contributed by atoms with E-state index in [-0.39, 0.29) is 28.5 Å². The van der Waals surface area contributed by atoms with Crippen molar-refractivity contribution in [2.75, 3.05) is 7.11 Å². The monoisotopic (exact) mass is 315 g/mol. The van der Waals surface area contributed by atoms with Crippen LogP contribution in [0, 0.1) is 10.1 Å². The molecule has 0 saturated carbocycles. The molecule has 0 N–H and O–H groups in total. The van der Waals surface area contributed by atoms with Gasteiger partial charge < -0.3 is 9.47 Å². The van der Waals surface area contributed by atoms with Crippen LogP contribution in [-0.2, 0) is 0 Å². The summed E-state index contributed by atoms with van der Waals surface area (Å²) in [6.45, 7) is 1.43. The van der Waals surface area contributed by atoms with Gasteiger partial charge in [-0.1, -0.05) is 0 Å². The number of carbonyl (C=O) groups is 2. The maximum absolute atomic E-state index is 12.2. The average molecular weight is 315 g/mol. The second-order valence-corrected chi connectivity index (χ2v) is 4.61. The van der Waals surface area contributed by atoms with Crippen molar-refractivity contribution in [1.82, 2.24) is 0 Å². The van der Waals surface area contributed by atoms with Gasteiger partial charge in [-0.2, -0.15) is 0 Å². The zero-order valence-corrected chi connectivity index (χ0v) is 12.4. The van der Waals surface area contributed by atoms with E-state index in [9.17, 15) is 19.7 Å². The first-order chi connectivity index (χ1) is 10.9. The van der Waals surface area contributed by atoms with E-state index in [0.29, 0.717) is 5.56 Å². The molecular formula is C16H13NO6. The number of carbonyl (C=O) groups excluding carboxylic acids is 2. The maximum atomic E-state index is 12.2. The highest BCUT2D eigenvalue weighted by molar-refractivity contribution is 5.95. The van der Waals surface area contributed by atoms with Crippen LogP contribution in [0.25, 0.3) is 0 Å². The molecule has 23 heavy (non-hydrogen) atoms. The molecule has 0 aliphatic rings. The first-order valence-corrected chi connectivity index (χ1v) is 6.58. The summed E-state index contributed by atoms with van der Waals surface area (Å²) in [6, 6.07) is 9.64. The van der Waals surface area contributed by atoms with Crippen LogP contribution >= 0.6 is 0 Å². The molecule has 0 aliphatic carbocycles. The number of ether oxygens (including phenoxy) is 2. The van der Waals surface area contributed by atoms with Gasteiger partial charge in [0, 0.05) is 17.7 Å². The third-order valence-corrected chi connectivity index (χ3v) is 3.09. The zero-order valence-electron chi connectivity index (χ0n) is 12.4. The lowest BCUT2D eigenvalue weighted by Crippen LogP contribution is -2.10. The Bertz CT molecular complexity index is 767. The van der Waals surface area contributed by atoms with Gasteiger partial charge in [-0.3, -0.25) is 14.9 Å². The van der Waals surface area contributed by atoms with Crippen molar-refractivity contribution in [1.29, 1.82) is 0 Å². The lowest BCUT2D eigenvalue weighted by molar-refractivity contribution is -0.384. The molecule has 7 nitrogen and oxygen atoms in total. The number of hydrogen-bond donors (Lipinski definition) is 0. The molecule has 0 fully saturated rings. The van der Waals surface area contributed by atoms with E-state index in [2.05, 4.69) is 0 Å². The van der Waals surface area contributed by atoms with Crippen LogP contribution in [-0.4, -0.2) is 23.8 Å². The lowest BCUT2D eigenvalue weighted by Gasteiger charge is -2.08. The summed E-state index contributed by atoms with van der Waals surface area (Å²) in [4.78, 5) is 33.6. The smallest absolute Gasteiger partial charge is 0.347 e. The maximum Gasteiger partial charge on any atom is 0.347 e. The van der Waals surface area contributed by atoms with Gasteiger partial charge >= 0.3 is 5.97 Å². The summed E-state index contributed by atoms with van der Waals surface area (Å²) >= 11 is 0. The number of rotatable bonds is 5. The Morgan fingerprint density at radius 1 is 1.09 bits per heavy atom. The van der Waals surface area contributed by atoms with Crippen molar-refractivity contribution in [2.45, 2.75) is 6.92 Å². The minimum atomic E-state index is -0.791. The number of non-ortho nitro benzene ring substituents is 1. The Morgan fingerprint density at radius 2 is 1.74 bits per heavy atom. The summed E-state index contributed by atoms with van der Waals surface area (Å²) in [5.74, 6) is -0.515. The molecule has 7 heteroatoms. The van der Waals surface area contributed by atoms with E-state index in [0.717, 1.165) is 6.07 Å². The van der Waals surface area contributed by atoms with Crippen LogP contribution in [0.1, 0.15) is 27.6 Å². The summed E-state index contributed by atoms with van der Waals surface area (Å²) in [6.07, 6.45) is 0. The first-order valence-electron chi connectivity index (χ1n) is 6.58. The highest BCUT2D eigenvalue weighted by atomic mass is 16.6. The molecule has 0 aromatic heterocycles. The number of hydrogen-bond acceptors (Lipinski definition) is 6. The molecule has 0 saturated heterocycles. The highest BCUT2D eigenvalue weighted by Gasteiger charge is 2.19. The fourth-order valence-corrected chi connectivity index (χ4v) is 1.89. The van der Waals surface area contributed by atoms with Gasteiger partial charge in [-0.15, -0.1) is 0 Å². The summed E-state index contributed by atoms with van der Waals surface area (Å²) in [5.41, 5.74) is 0.180. The average Bonchev–Trinajstić information content (AvgIpc) is 2.54. The van der Waals surface area contributed by atoms with Gasteiger partial charge in [0.2, 0.25) is 0 Å². The van der Waals surface area contributed by atoms with Crippen molar-refractivity contribution in [3.05, 3.63) is 63.7 Å². The predicted molar refractivity (Wildman–Crippen MR) is 81.1 cm³/mol. The lowest BCUT2D eigenvalue weighted by atomic mass is 10.1. The molecule has 2 rings (SSSR count). The fraction of sp³-hybridized carbons (Fsp3) is 0.125. The van der Waals surface area contributed by atoms with Gasteiger partial charge in [0.05, 0.1) is 12.0 Å². The molecule has 2 aromatic carbocycles. The Hall–Kier alpha value is -3.22. The molecule has 0 amide bonds. The first kappa shape index (κ1) is 16.2. The molecule has 0 heterocycles. The largest absolute Gasteiger partial charge is 0.496 e. The fourth-order valence-electron chi connectivity index (χ4n) is 1.89. The van der Waals surface area contributed by atoms with E-state index in [1.54, 1.807) is 0 Å². The number of Topliss-reactive ketones (excluding diaryl/α,β-unsaturated/α-hetero) is 1. The minimum Gasteiger partial charge on any atom is -0.496 e. The molecule has 0 aliphatic heterocycles. The van der Waals surface area contributed by atoms with E-state index in [4.69, 9.17) is 9.47 Å². The number of nitrogens with zero attached hydrogens (tertiary/aromatic N) is 1. The Balaban J connectivity index is 2.27. The topological polar surface area (TPSA) is 95.7 Å². The Morgan fingerprint density at radius 3 is 2.26 bits per heavy atom. The number of methoxy groups -OCH3 is 1. The van der Waals surface area contributed by atoms with Gasteiger partial charge in [0.25, 0.3) is 5.69 Å². The number of ketones is 1. The second kappa shape index (κ2) is 6.69. The van der Waals surface area contributed by atoms with Crippen LogP contribution in [0.4, 0.5) is 5.69 Å². The quantitative estimate of drug-likeness (QED) is 0.277. The molecular weight excluding hydrogens is 302 g/mol. The molecule has 0 bridgehead atoms. The summed E-state index contributed by atoms with van der Waals surface area (Å²) < 4.78 is 10.2. The van der Waals surface area contributed by atoms with Gasteiger partial charge in [0.15, 0.2) is 5.78 Å².